The molecule has 1 atom stereocenters. The van der Waals surface area contributed by atoms with Crippen LogP contribution in [0, 0.1) is 5.41 Å². The summed E-state index contributed by atoms with van der Waals surface area (Å²) in [6.45, 7) is 3.89. The van der Waals surface area contributed by atoms with E-state index in [9.17, 15) is 9.59 Å². The Bertz CT molecular complexity index is 465. The van der Waals surface area contributed by atoms with Gasteiger partial charge in [-0.3, -0.25) is 9.59 Å². The lowest BCUT2D eigenvalue weighted by Crippen LogP contribution is -2.36. The van der Waals surface area contributed by atoms with Crippen molar-refractivity contribution in [3.63, 3.8) is 0 Å². The van der Waals surface area contributed by atoms with Crippen LogP contribution in [-0.4, -0.2) is 33.4 Å². The van der Waals surface area contributed by atoms with E-state index in [4.69, 9.17) is 5.11 Å². The van der Waals surface area contributed by atoms with Crippen molar-refractivity contribution in [3.8, 4) is 0 Å². The molecular formula is C14H20N2O3. The van der Waals surface area contributed by atoms with Gasteiger partial charge in [0.05, 0.1) is 11.5 Å². The molecule has 2 rings (SSSR count). The molecular weight excluding hydrogens is 244 g/mol. The topological polar surface area (TPSA) is 73.4 Å². The fraction of sp³-hybridized carbons (Fsp3) is 0.571. The van der Waals surface area contributed by atoms with E-state index in [2.05, 4.69) is 4.98 Å². The number of hydrogen-bond acceptors (Lipinski definition) is 2. The molecule has 2 heterocycles. The molecule has 19 heavy (non-hydrogen) atoms. The van der Waals surface area contributed by atoms with Crippen LogP contribution in [0.4, 0.5) is 0 Å². The summed E-state index contributed by atoms with van der Waals surface area (Å²) in [5, 5.41) is 9.11. The standard InChI is InChI=1S/C14H20N2O3/c1-14(2,13(18)19)9-12(17)16-8-4-6-11(16)10-5-3-7-15-10/h3,5,7,11,15H,4,6,8-9H2,1-2H3,(H,18,19). The fourth-order valence-electron chi connectivity index (χ4n) is 2.50. The number of carboxylic acid groups (broad SMARTS) is 1. The molecule has 0 aromatic carbocycles. The maximum atomic E-state index is 12.3. The van der Waals surface area contributed by atoms with Crippen molar-refractivity contribution in [1.82, 2.24) is 9.88 Å². The Morgan fingerprint density at radius 2 is 2.26 bits per heavy atom. The Morgan fingerprint density at radius 1 is 1.53 bits per heavy atom. The first-order valence-electron chi connectivity index (χ1n) is 6.58. The van der Waals surface area contributed by atoms with Crippen LogP contribution in [0.1, 0.15) is 44.8 Å². The van der Waals surface area contributed by atoms with E-state index in [1.54, 1.807) is 18.7 Å². The highest BCUT2D eigenvalue weighted by Crippen LogP contribution is 2.33. The molecule has 1 aromatic heterocycles. The molecule has 5 heteroatoms. The van der Waals surface area contributed by atoms with Crippen LogP contribution in [0.3, 0.4) is 0 Å². The van der Waals surface area contributed by atoms with Crippen LogP contribution in [0.25, 0.3) is 0 Å². The zero-order valence-corrected chi connectivity index (χ0v) is 11.3. The number of nitrogens with zero attached hydrogens (tertiary/aromatic N) is 1. The summed E-state index contributed by atoms with van der Waals surface area (Å²) < 4.78 is 0. The Hall–Kier alpha value is -1.78. The molecule has 0 saturated carbocycles. The van der Waals surface area contributed by atoms with Crippen LogP contribution in [0.15, 0.2) is 18.3 Å². The van der Waals surface area contributed by atoms with Crippen molar-refractivity contribution < 1.29 is 14.7 Å². The summed E-state index contributed by atoms with van der Waals surface area (Å²) in [4.78, 5) is 28.4. The molecule has 0 radical (unpaired) electrons. The van der Waals surface area contributed by atoms with Gasteiger partial charge in [-0.15, -0.1) is 0 Å². The maximum absolute atomic E-state index is 12.3. The number of hydrogen-bond donors (Lipinski definition) is 2. The van der Waals surface area contributed by atoms with E-state index < -0.39 is 11.4 Å². The molecule has 1 aromatic rings. The predicted octanol–water partition coefficient (Wildman–Crippen LogP) is 2.18. The first-order valence-corrected chi connectivity index (χ1v) is 6.58. The SMILES string of the molecule is CC(C)(CC(=O)N1CCCC1c1ccc[nH]1)C(=O)O. The van der Waals surface area contributed by atoms with Gasteiger partial charge in [-0.05, 0) is 38.8 Å². The Morgan fingerprint density at radius 3 is 2.84 bits per heavy atom. The molecule has 0 spiro atoms. The molecule has 5 nitrogen and oxygen atoms in total. The number of carboxylic acids is 1. The average Bonchev–Trinajstić information content (AvgIpc) is 2.99. The lowest BCUT2D eigenvalue weighted by molar-refractivity contribution is -0.151. The zero-order valence-electron chi connectivity index (χ0n) is 11.3. The molecule has 0 bridgehead atoms. The van der Waals surface area contributed by atoms with Gasteiger partial charge in [-0.25, -0.2) is 0 Å². The van der Waals surface area contributed by atoms with Gasteiger partial charge in [0.2, 0.25) is 5.91 Å². The first-order chi connectivity index (χ1) is 8.92. The smallest absolute Gasteiger partial charge is 0.309 e. The van der Waals surface area contributed by atoms with E-state index in [1.807, 2.05) is 18.3 Å². The molecule has 0 aliphatic carbocycles. The first kappa shape index (κ1) is 13.6. The predicted molar refractivity (Wildman–Crippen MR) is 70.5 cm³/mol. The normalized spacial score (nSPS) is 19.7. The van der Waals surface area contributed by atoms with Gasteiger partial charge in [0.1, 0.15) is 0 Å². The van der Waals surface area contributed by atoms with Gasteiger partial charge < -0.3 is 15.0 Å². The van der Waals surface area contributed by atoms with E-state index in [-0.39, 0.29) is 18.4 Å². The Balaban J connectivity index is 2.08. The molecule has 2 N–H and O–H groups in total. The number of carbonyl (C=O) groups excluding carboxylic acids is 1. The van der Waals surface area contributed by atoms with Crippen molar-refractivity contribution in [3.05, 3.63) is 24.0 Å². The third-order valence-electron chi connectivity index (χ3n) is 3.73. The van der Waals surface area contributed by atoms with Crippen molar-refractivity contribution >= 4 is 11.9 Å². The highest BCUT2D eigenvalue weighted by atomic mass is 16.4. The molecule has 104 valence electrons. The van der Waals surface area contributed by atoms with Gasteiger partial charge >= 0.3 is 5.97 Å². The number of amides is 1. The summed E-state index contributed by atoms with van der Waals surface area (Å²) in [6.07, 6.45) is 3.78. The molecule has 1 fully saturated rings. The second-order valence-electron chi connectivity index (χ2n) is 5.74. The number of aromatic nitrogens is 1. The van der Waals surface area contributed by atoms with Crippen LogP contribution in [-0.2, 0) is 9.59 Å². The summed E-state index contributed by atoms with van der Waals surface area (Å²) in [7, 11) is 0. The minimum Gasteiger partial charge on any atom is -0.481 e. The fourth-order valence-corrected chi connectivity index (χ4v) is 2.50. The lowest BCUT2D eigenvalue weighted by Gasteiger charge is -2.27. The summed E-state index contributed by atoms with van der Waals surface area (Å²) in [5.74, 6) is -1.01. The van der Waals surface area contributed by atoms with E-state index in [0.29, 0.717) is 6.54 Å². The number of likely N-dealkylation sites (tertiary alicyclic amines) is 1. The van der Waals surface area contributed by atoms with Crippen molar-refractivity contribution in [1.29, 1.82) is 0 Å². The number of H-pyrrole nitrogens is 1. The third-order valence-corrected chi connectivity index (χ3v) is 3.73. The minimum absolute atomic E-state index is 0.0412. The van der Waals surface area contributed by atoms with E-state index in [1.165, 1.54) is 0 Å². The number of aromatic amines is 1. The number of nitrogens with one attached hydrogen (secondary N) is 1. The second kappa shape index (κ2) is 5.07. The average molecular weight is 264 g/mol. The molecule has 1 amide bonds. The quantitative estimate of drug-likeness (QED) is 0.875. The molecule has 1 unspecified atom stereocenters. The van der Waals surface area contributed by atoms with Gasteiger partial charge in [-0.1, -0.05) is 0 Å². The van der Waals surface area contributed by atoms with Crippen LogP contribution in [0.2, 0.25) is 0 Å². The van der Waals surface area contributed by atoms with Gasteiger partial charge in [0.25, 0.3) is 0 Å². The third kappa shape index (κ3) is 2.80. The zero-order chi connectivity index (χ0) is 14.0. The summed E-state index contributed by atoms with van der Waals surface area (Å²) in [6, 6.07) is 3.95. The van der Waals surface area contributed by atoms with E-state index in [0.717, 1.165) is 18.5 Å². The van der Waals surface area contributed by atoms with Crippen LogP contribution in [0.5, 0.6) is 0 Å². The maximum Gasteiger partial charge on any atom is 0.309 e. The molecule has 1 saturated heterocycles. The van der Waals surface area contributed by atoms with Crippen molar-refractivity contribution in [2.24, 2.45) is 5.41 Å². The summed E-state index contributed by atoms with van der Waals surface area (Å²) >= 11 is 0. The lowest BCUT2D eigenvalue weighted by atomic mass is 9.89. The van der Waals surface area contributed by atoms with Gasteiger partial charge in [-0.2, -0.15) is 0 Å². The van der Waals surface area contributed by atoms with Gasteiger partial charge in [0.15, 0.2) is 0 Å². The van der Waals surface area contributed by atoms with Crippen molar-refractivity contribution in [2.45, 2.75) is 39.2 Å². The van der Waals surface area contributed by atoms with E-state index >= 15 is 0 Å². The largest absolute Gasteiger partial charge is 0.481 e. The van der Waals surface area contributed by atoms with Crippen LogP contribution >= 0.6 is 0 Å². The molecule has 1 aliphatic rings. The highest BCUT2D eigenvalue weighted by Gasteiger charge is 2.36. The highest BCUT2D eigenvalue weighted by molar-refractivity contribution is 5.84. The molecule has 1 aliphatic heterocycles. The Kier molecular flexibility index (Phi) is 3.64. The van der Waals surface area contributed by atoms with Crippen molar-refractivity contribution in [2.75, 3.05) is 6.54 Å². The van der Waals surface area contributed by atoms with Gasteiger partial charge in [0, 0.05) is 24.9 Å². The van der Waals surface area contributed by atoms with Crippen LogP contribution < -0.4 is 0 Å². The minimum atomic E-state index is -1.01. The summed E-state index contributed by atoms with van der Waals surface area (Å²) in [5.41, 5.74) is 0.0129. The monoisotopic (exact) mass is 264 g/mol. The number of rotatable bonds is 4. The number of aliphatic carboxylic acids is 1. The second-order valence-corrected chi connectivity index (χ2v) is 5.74. The number of carbonyl (C=O) groups is 2. The Labute approximate surface area is 112 Å².